The molecule has 0 saturated carbocycles. The molecule has 1 atom stereocenters. The number of unbranched alkanes of at least 4 members (excludes halogenated alkanes) is 13. The summed E-state index contributed by atoms with van der Waals surface area (Å²) in [6, 6.07) is 3.64. The second-order valence-electron chi connectivity index (χ2n) is 14.8. The second kappa shape index (κ2) is 25.3. The third-order valence-corrected chi connectivity index (χ3v) is 27.6. The minimum atomic E-state index is -2.47. The van der Waals surface area contributed by atoms with Gasteiger partial charge in [-0.1, -0.05) is 90.4 Å². The van der Waals surface area contributed by atoms with Crippen LogP contribution in [0.4, 0.5) is 0 Å². The molecule has 0 aliphatic heterocycles. The zero-order chi connectivity index (χ0) is 32.8. The molecule has 0 fully saturated rings. The van der Waals surface area contributed by atoms with Gasteiger partial charge in [0.2, 0.25) is 0 Å². The van der Waals surface area contributed by atoms with E-state index in [1.807, 2.05) is 6.92 Å². The van der Waals surface area contributed by atoms with Crippen molar-refractivity contribution in [3.8, 4) is 0 Å². The normalized spacial score (nSPS) is 14.0. The summed E-state index contributed by atoms with van der Waals surface area (Å²) in [5.41, 5.74) is 0. The molecule has 0 radical (unpaired) electrons. The highest BCUT2D eigenvalue weighted by atomic mass is 32.2. The summed E-state index contributed by atoms with van der Waals surface area (Å²) in [6.07, 6.45) is 19.6. The first kappa shape index (κ1) is 44.3. The molecule has 5 nitrogen and oxygen atoms in total. The predicted octanol–water partition coefficient (Wildman–Crippen LogP) is 9.97. The lowest BCUT2D eigenvalue weighted by atomic mass is 10.1. The van der Waals surface area contributed by atoms with E-state index in [2.05, 4.69) is 65.5 Å². The van der Waals surface area contributed by atoms with Crippen LogP contribution in [0.2, 0.25) is 83.6 Å². The number of rotatable bonds is 30. The van der Waals surface area contributed by atoms with E-state index in [0.717, 1.165) is 24.0 Å². The first-order valence-corrected chi connectivity index (χ1v) is 36.2. The average Bonchev–Trinajstić information content (AvgIpc) is 2.86. The molecule has 0 saturated heterocycles. The summed E-state index contributed by atoms with van der Waals surface area (Å²) in [6.45, 7) is 25.4. The van der Waals surface area contributed by atoms with Gasteiger partial charge in [-0.3, -0.25) is 4.21 Å². The molecule has 0 aromatic rings. The Hall–Kier alpha value is 1.29. The van der Waals surface area contributed by atoms with E-state index < -0.39 is 63.4 Å². The lowest BCUT2D eigenvalue weighted by Crippen LogP contribution is -2.53. The molecule has 0 aromatic heterocycles. The predicted molar refractivity (Wildman–Crippen MR) is 209 cm³/mol. The van der Waals surface area contributed by atoms with Gasteiger partial charge >= 0.3 is 8.80 Å². The molecule has 0 N–H and O–H groups in total. The lowest BCUT2D eigenvalue weighted by molar-refractivity contribution is 0.266. The highest BCUT2D eigenvalue weighted by Gasteiger charge is 2.42. The van der Waals surface area contributed by atoms with Crippen molar-refractivity contribution in [1.82, 2.24) is 0 Å². The minimum Gasteiger partial charge on any atom is -0.455 e. The van der Waals surface area contributed by atoms with E-state index in [0.29, 0.717) is 0 Å². The molecule has 0 amide bonds. The maximum atomic E-state index is 11.5. The van der Waals surface area contributed by atoms with Crippen molar-refractivity contribution in [3.63, 3.8) is 0 Å². The Morgan fingerprint density at radius 2 is 0.791 bits per heavy atom. The van der Waals surface area contributed by atoms with Gasteiger partial charge in [0.15, 0.2) is 43.8 Å². The fourth-order valence-corrected chi connectivity index (χ4v) is 28.7. The molecule has 0 heterocycles. The van der Waals surface area contributed by atoms with Crippen LogP contribution in [-0.2, 0) is 27.3 Å². The molecule has 0 aliphatic rings. The third kappa shape index (κ3) is 27.0. The summed E-state index contributed by atoms with van der Waals surface area (Å²) in [7, 11) is -9.78. The van der Waals surface area contributed by atoms with E-state index in [-0.39, 0.29) is 0 Å². The Kier molecular flexibility index (Phi) is 26.1. The van der Waals surface area contributed by atoms with E-state index in [9.17, 15) is 4.21 Å². The van der Waals surface area contributed by atoms with Crippen molar-refractivity contribution in [2.45, 2.75) is 187 Å². The van der Waals surface area contributed by atoms with Crippen molar-refractivity contribution >= 4 is 63.4 Å². The van der Waals surface area contributed by atoms with Crippen LogP contribution in [0.1, 0.15) is 103 Å². The largest absolute Gasteiger partial charge is 0.468 e. The first-order chi connectivity index (χ1) is 20.1. The Morgan fingerprint density at radius 1 is 0.488 bits per heavy atom. The summed E-state index contributed by atoms with van der Waals surface area (Å²) in [5, 5.41) is 0. The maximum Gasteiger partial charge on any atom is 0.468 e. The van der Waals surface area contributed by atoms with E-state index in [4.69, 9.17) is 16.5 Å². The van der Waals surface area contributed by atoms with Gasteiger partial charge in [-0.05, 0) is 90.4 Å². The smallest absolute Gasteiger partial charge is 0.455 e. The summed E-state index contributed by atoms with van der Waals surface area (Å²) in [5.74, 6) is 1.72. The SMILES string of the molecule is CCS(=O)CCCCCCCCCCC[Si](C)(C)O[Si](C)(C)CCCCCCCC[Si](O[SiH](C)C)(O[SiH](C)C)O[SiH](C)C. The Bertz CT molecular complexity index is 671. The third-order valence-electron chi connectivity index (χ3n) is 7.78. The topological polar surface area (TPSA) is 54.0 Å². The van der Waals surface area contributed by atoms with Crippen LogP contribution in [0, 0.1) is 0 Å². The molecule has 1 unspecified atom stereocenters. The minimum absolute atomic E-state index is 0.576. The van der Waals surface area contributed by atoms with Gasteiger partial charge in [0.25, 0.3) is 0 Å². The van der Waals surface area contributed by atoms with Crippen LogP contribution in [0.25, 0.3) is 0 Å². The van der Waals surface area contributed by atoms with Crippen molar-refractivity contribution < 1.29 is 20.7 Å². The molecule has 260 valence electrons. The molecule has 0 aliphatic carbocycles. The number of hydrogen-bond acceptors (Lipinski definition) is 5. The van der Waals surface area contributed by atoms with Gasteiger partial charge < -0.3 is 16.5 Å². The van der Waals surface area contributed by atoms with Crippen LogP contribution in [0.15, 0.2) is 0 Å². The molecular weight excluding hydrogens is 653 g/mol. The molecule has 0 spiro atoms. The van der Waals surface area contributed by atoms with Gasteiger partial charge in [-0.25, -0.2) is 0 Å². The zero-order valence-corrected chi connectivity index (χ0v) is 38.1. The van der Waals surface area contributed by atoms with E-state index in [1.165, 1.54) is 102 Å². The molecule has 0 aromatic carbocycles. The van der Waals surface area contributed by atoms with Crippen molar-refractivity contribution in [1.29, 1.82) is 0 Å². The summed E-state index contributed by atoms with van der Waals surface area (Å²) in [4.78, 5) is 0. The van der Waals surface area contributed by atoms with Gasteiger partial charge in [0.1, 0.15) is 0 Å². The molecule has 0 rings (SSSR count). The fraction of sp³-hybridized carbons (Fsp3) is 1.00. The second-order valence-corrected chi connectivity index (χ2v) is 36.5. The lowest BCUT2D eigenvalue weighted by Gasteiger charge is -2.35. The van der Waals surface area contributed by atoms with Crippen molar-refractivity contribution in [3.05, 3.63) is 0 Å². The maximum absolute atomic E-state index is 11.5. The van der Waals surface area contributed by atoms with Crippen LogP contribution < -0.4 is 0 Å². The highest BCUT2D eigenvalue weighted by Crippen LogP contribution is 2.27. The van der Waals surface area contributed by atoms with Gasteiger partial charge in [0.05, 0.1) is 0 Å². The molecule has 0 bridgehead atoms. The average molecular weight is 730 g/mol. The van der Waals surface area contributed by atoms with E-state index >= 15 is 0 Å². The van der Waals surface area contributed by atoms with E-state index in [1.54, 1.807) is 0 Å². The Labute approximate surface area is 281 Å². The van der Waals surface area contributed by atoms with Crippen molar-refractivity contribution in [2.75, 3.05) is 11.5 Å². The summed E-state index contributed by atoms with van der Waals surface area (Å²) < 4.78 is 38.0. The van der Waals surface area contributed by atoms with Gasteiger partial charge in [-0.15, -0.1) is 0 Å². The zero-order valence-electron chi connectivity index (χ0n) is 30.8. The first-order valence-electron chi connectivity index (χ1n) is 18.2. The van der Waals surface area contributed by atoms with Gasteiger partial charge in [-0.2, -0.15) is 0 Å². The summed E-state index contributed by atoms with van der Waals surface area (Å²) >= 11 is 0. The fourth-order valence-electron chi connectivity index (χ4n) is 5.98. The van der Waals surface area contributed by atoms with Crippen LogP contribution >= 0.6 is 0 Å². The molecular formula is C31H76O5SSi6. The van der Waals surface area contributed by atoms with Crippen LogP contribution in [-0.4, -0.2) is 68.3 Å². The monoisotopic (exact) mass is 728 g/mol. The molecule has 43 heavy (non-hydrogen) atoms. The van der Waals surface area contributed by atoms with Gasteiger partial charge in [0, 0.05) is 28.3 Å². The standard InChI is InChI=1S/C31H76O5SSi6/c1-12-37(32)28-24-20-16-14-13-15-17-21-25-29-41(8,9)36-42(10,11)30-26-22-18-19-23-27-31-43(33-38(2)3,34-39(4)5)35-40(6)7/h38-40H,12-31H2,1-11H3. The Balaban J connectivity index is 4.08. The highest BCUT2D eigenvalue weighted by molar-refractivity contribution is 7.84. The van der Waals surface area contributed by atoms with Crippen LogP contribution in [0.5, 0.6) is 0 Å². The van der Waals surface area contributed by atoms with Crippen molar-refractivity contribution in [2.24, 2.45) is 0 Å². The Morgan fingerprint density at radius 3 is 1.12 bits per heavy atom. The van der Waals surface area contributed by atoms with Crippen LogP contribution in [0.3, 0.4) is 0 Å². The molecule has 12 heteroatoms. The number of hydrogen-bond donors (Lipinski definition) is 0. The quantitative estimate of drug-likeness (QED) is 0.0545.